The molecular formula is C32H48O2. The topological polar surface area (TPSA) is 40.5 Å². The Morgan fingerprint density at radius 2 is 0.971 bits per heavy atom. The summed E-state index contributed by atoms with van der Waals surface area (Å²) in [5.74, 6) is 20.0. The second-order valence-electron chi connectivity index (χ2n) is 8.85. The molecule has 0 aliphatic heterocycles. The van der Waals surface area contributed by atoms with Gasteiger partial charge in [-0.1, -0.05) is 101 Å². The summed E-state index contributed by atoms with van der Waals surface area (Å²) < 4.78 is 0. The van der Waals surface area contributed by atoms with E-state index in [2.05, 4.69) is 41.4 Å². The second-order valence-corrected chi connectivity index (χ2v) is 8.85. The Morgan fingerprint density at radius 1 is 0.559 bits per heavy atom. The number of hydrogen-bond donors (Lipinski definition) is 2. The zero-order chi connectivity index (χ0) is 24.8. The number of aliphatic hydroxyl groups is 2. The fraction of sp³-hybridized carbons (Fsp3) is 0.688. The lowest BCUT2D eigenvalue weighted by Gasteiger charge is -2.01. The van der Waals surface area contributed by atoms with Gasteiger partial charge in [-0.3, -0.25) is 0 Å². The molecule has 0 aliphatic carbocycles. The zero-order valence-electron chi connectivity index (χ0n) is 21.6. The Balaban J connectivity index is 3.23. The SMILES string of the molecule is C#CC(O)C=CCCCCCCCCCCC#CCCCCCCCCCCC#CC#CCO. The molecule has 0 heterocycles. The van der Waals surface area contributed by atoms with E-state index in [9.17, 15) is 5.11 Å². The van der Waals surface area contributed by atoms with Crippen LogP contribution in [-0.2, 0) is 0 Å². The molecule has 1 unspecified atom stereocenters. The van der Waals surface area contributed by atoms with Crippen molar-refractivity contribution in [3.63, 3.8) is 0 Å². The van der Waals surface area contributed by atoms with Crippen molar-refractivity contribution in [2.45, 2.75) is 135 Å². The minimum absolute atomic E-state index is 0.105. The van der Waals surface area contributed by atoms with Gasteiger partial charge < -0.3 is 10.2 Å². The molecule has 0 saturated heterocycles. The van der Waals surface area contributed by atoms with Crippen LogP contribution in [0.3, 0.4) is 0 Å². The van der Waals surface area contributed by atoms with E-state index < -0.39 is 6.10 Å². The summed E-state index contributed by atoms with van der Waals surface area (Å²) >= 11 is 0. The molecule has 0 bridgehead atoms. The summed E-state index contributed by atoms with van der Waals surface area (Å²) in [4.78, 5) is 0. The van der Waals surface area contributed by atoms with Crippen molar-refractivity contribution in [1.82, 2.24) is 0 Å². The van der Waals surface area contributed by atoms with Gasteiger partial charge in [0, 0.05) is 19.3 Å². The van der Waals surface area contributed by atoms with Crippen molar-refractivity contribution in [1.29, 1.82) is 0 Å². The Hall–Kier alpha value is -2.10. The van der Waals surface area contributed by atoms with E-state index in [1.54, 1.807) is 6.08 Å². The van der Waals surface area contributed by atoms with Gasteiger partial charge in [-0.25, -0.2) is 0 Å². The first kappa shape index (κ1) is 31.9. The Bertz CT molecular complexity index is 693. The third-order valence-electron chi connectivity index (χ3n) is 5.71. The van der Waals surface area contributed by atoms with Crippen LogP contribution in [0.15, 0.2) is 12.2 Å². The van der Waals surface area contributed by atoms with Crippen LogP contribution < -0.4 is 0 Å². The Kier molecular flexibility index (Phi) is 27.1. The van der Waals surface area contributed by atoms with Gasteiger partial charge in [0.05, 0.1) is 0 Å². The molecule has 2 N–H and O–H groups in total. The van der Waals surface area contributed by atoms with Gasteiger partial charge in [0.25, 0.3) is 0 Å². The first-order valence-corrected chi connectivity index (χ1v) is 13.6. The average molecular weight is 465 g/mol. The van der Waals surface area contributed by atoms with Crippen molar-refractivity contribution in [2.24, 2.45) is 0 Å². The van der Waals surface area contributed by atoms with E-state index in [-0.39, 0.29) is 6.61 Å². The largest absolute Gasteiger partial charge is 0.384 e. The summed E-state index contributed by atoms with van der Waals surface area (Å²) in [5, 5.41) is 17.7. The molecule has 34 heavy (non-hydrogen) atoms. The van der Waals surface area contributed by atoms with Crippen molar-refractivity contribution in [3.05, 3.63) is 12.2 Å². The minimum Gasteiger partial charge on any atom is -0.384 e. The lowest BCUT2D eigenvalue weighted by molar-refractivity contribution is 0.280. The highest BCUT2D eigenvalue weighted by atomic mass is 16.3. The van der Waals surface area contributed by atoms with E-state index in [4.69, 9.17) is 11.5 Å². The van der Waals surface area contributed by atoms with Crippen molar-refractivity contribution in [2.75, 3.05) is 6.61 Å². The highest BCUT2D eigenvalue weighted by Gasteiger charge is 1.93. The third-order valence-corrected chi connectivity index (χ3v) is 5.71. The lowest BCUT2D eigenvalue weighted by atomic mass is 10.1. The van der Waals surface area contributed by atoms with Crippen LogP contribution in [0.5, 0.6) is 0 Å². The van der Waals surface area contributed by atoms with Crippen molar-refractivity contribution in [3.8, 4) is 47.9 Å². The molecule has 0 spiro atoms. The average Bonchev–Trinajstić information content (AvgIpc) is 2.85. The molecule has 0 fully saturated rings. The number of allylic oxidation sites excluding steroid dienone is 1. The quantitative estimate of drug-likeness (QED) is 0.112. The Labute approximate surface area is 211 Å². The minimum atomic E-state index is -0.724. The maximum Gasteiger partial charge on any atom is 0.133 e. The molecular weight excluding hydrogens is 416 g/mol. The number of hydrogen-bond acceptors (Lipinski definition) is 2. The molecule has 2 nitrogen and oxygen atoms in total. The molecule has 0 aromatic rings. The van der Waals surface area contributed by atoms with Gasteiger partial charge in [-0.2, -0.15) is 0 Å². The summed E-state index contributed by atoms with van der Waals surface area (Å²) in [6.45, 7) is -0.105. The van der Waals surface area contributed by atoms with E-state index >= 15 is 0 Å². The summed E-state index contributed by atoms with van der Waals surface area (Å²) in [6.07, 6.45) is 32.8. The lowest BCUT2D eigenvalue weighted by Crippen LogP contribution is -1.95. The van der Waals surface area contributed by atoms with Gasteiger partial charge in [-0.15, -0.1) is 18.3 Å². The predicted molar refractivity (Wildman–Crippen MR) is 147 cm³/mol. The maximum absolute atomic E-state index is 9.21. The smallest absolute Gasteiger partial charge is 0.133 e. The van der Waals surface area contributed by atoms with E-state index in [0.29, 0.717) is 0 Å². The normalized spacial score (nSPS) is 11.0. The molecule has 1 atom stereocenters. The molecule has 188 valence electrons. The van der Waals surface area contributed by atoms with Crippen LogP contribution in [0.25, 0.3) is 0 Å². The van der Waals surface area contributed by atoms with E-state index in [1.165, 1.54) is 96.3 Å². The Morgan fingerprint density at radius 3 is 1.44 bits per heavy atom. The maximum atomic E-state index is 9.21. The van der Waals surface area contributed by atoms with Gasteiger partial charge in [0.15, 0.2) is 0 Å². The zero-order valence-corrected chi connectivity index (χ0v) is 21.6. The van der Waals surface area contributed by atoms with Gasteiger partial charge in [0.2, 0.25) is 0 Å². The number of terminal acetylenes is 1. The second kappa shape index (κ2) is 28.9. The standard InChI is InChI=1S/C32H48O2/c1-2-32(34)30-28-26-24-22-20-18-16-14-12-10-8-6-4-3-5-7-9-11-13-15-17-19-21-23-25-27-29-31-33/h1,28,30,32-34H,3,5,7-22,24,26,31H2. The van der Waals surface area contributed by atoms with Crippen molar-refractivity contribution < 1.29 is 10.2 Å². The predicted octanol–water partition coefficient (Wildman–Crippen LogP) is 7.34. The molecule has 2 heteroatoms. The van der Waals surface area contributed by atoms with E-state index in [0.717, 1.165) is 32.1 Å². The number of rotatable bonds is 20. The highest BCUT2D eigenvalue weighted by Crippen LogP contribution is 2.12. The molecule has 0 aliphatic rings. The van der Waals surface area contributed by atoms with Gasteiger partial charge in [-0.05, 0) is 50.0 Å². The van der Waals surface area contributed by atoms with Crippen LogP contribution in [-0.4, -0.2) is 22.9 Å². The molecule has 0 aromatic carbocycles. The molecule has 0 rings (SSSR count). The van der Waals surface area contributed by atoms with E-state index in [1.807, 2.05) is 6.08 Å². The number of unbranched alkanes of at least 4 members (excludes halogenated alkanes) is 18. The molecule has 0 saturated carbocycles. The van der Waals surface area contributed by atoms with Gasteiger partial charge in [0.1, 0.15) is 12.7 Å². The monoisotopic (exact) mass is 464 g/mol. The fourth-order valence-electron chi connectivity index (χ4n) is 3.67. The van der Waals surface area contributed by atoms with Crippen LogP contribution in [0.2, 0.25) is 0 Å². The fourth-order valence-corrected chi connectivity index (χ4v) is 3.67. The van der Waals surface area contributed by atoms with Crippen LogP contribution in [0.4, 0.5) is 0 Å². The highest BCUT2D eigenvalue weighted by molar-refractivity contribution is 5.25. The van der Waals surface area contributed by atoms with Crippen LogP contribution >= 0.6 is 0 Å². The summed E-state index contributed by atoms with van der Waals surface area (Å²) in [5.41, 5.74) is 0. The number of aliphatic hydroxyl groups excluding tert-OH is 2. The van der Waals surface area contributed by atoms with Crippen LogP contribution in [0.1, 0.15) is 128 Å². The first-order valence-electron chi connectivity index (χ1n) is 13.6. The first-order chi connectivity index (χ1) is 16.8. The molecule has 0 radical (unpaired) electrons. The molecule has 0 amide bonds. The molecule has 0 aromatic heterocycles. The summed E-state index contributed by atoms with van der Waals surface area (Å²) in [7, 11) is 0. The van der Waals surface area contributed by atoms with Crippen LogP contribution in [0, 0.1) is 47.9 Å². The third kappa shape index (κ3) is 27.9. The van der Waals surface area contributed by atoms with Gasteiger partial charge >= 0.3 is 0 Å². The summed E-state index contributed by atoms with van der Waals surface area (Å²) in [6, 6.07) is 0. The van der Waals surface area contributed by atoms with Crippen molar-refractivity contribution >= 4 is 0 Å².